The van der Waals surface area contributed by atoms with Crippen molar-refractivity contribution >= 4 is 22.9 Å². The van der Waals surface area contributed by atoms with Crippen molar-refractivity contribution in [1.82, 2.24) is 10.2 Å². The molecule has 0 fully saturated rings. The highest BCUT2D eigenvalue weighted by Crippen LogP contribution is 2.25. The van der Waals surface area contributed by atoms with Gasteiger partial charge in [0.15, 0.2) is 0 Å². The molecule has 1 aromatic heterocycles. The van der Waals surface area contributed by atoms with Crippen molar-refractivity contribution in [2.24, 2.45) is 0 Å². The number of nitrogens with one attached hydrogen (secondary N) is 1. The Hall–Kier alpha value is -0.870. The maximum absolute atomic E-state index is 6.10. The molecule has 1 aliphatic rings. The second-order valence-corrected chi connectivity index (χ2v) is 7.02. The van der Waals surface area contributed by atoms with Gasteiger partial charge < -0.3 is 5.32 Å². The predicted molar refractivity (Wildman–Crippen MR) is 91.2 cm³/mol. The first-order valence-corrected chi connectivity index (χ1v) is 8.72. The molecule has 3 rings (SSSR count). The fourth-order valence-electron chi connectivity index (χ4n) is 3.01. The number of nitrogens with zero attached hydrogens (tertiary/aromatic N) is 1. The highest BCUT2D eigenvalue weighted by Gasteiger charge is 2.18. The summed E-state index contributed by atoms with van der Waals surface area (Å²) in [4.78, 5) is 4.13. The fourth-order valence-corrected chi connectivity index (χ4v) is 4.10. The van der Waals surface area contributed by atoms with Gasteiger partial charge in [-0.25, -0.2) is 0 Å². The lowest BCUT2D eigenvalue weighted by Gasteiger charge is -2.28. The van der Waals surface area contributed by atoms with Crippen LogP contribution in [0, 0.1) is 0 Å². The third-order valence-corrected chi connectivity index (χ3v) is 5.48. The summed E-state index contributed by atoms with van der Waals surface area (Å²) in [5.41, 5.74) is 2.80. The summed E-state index contributed by atoms with van der Waals surface area (Å²) in [5, 5.41) is 6.45. The lowest BCUT2D eigenvalue weighted by Crippen LogP contribution is -2.32. The summed E-state index contributed by atoms with van der Waals surface area (Å²) in [6.45, 7) is 3.40. The van der Waals surface area contributed by atoms with Gasteiger partial charge in [0.1, 0.15) is 0 Å². The Morgan fingerprint density at radius 2 is 2.29 bits per heavy atom. The first-order chi connectivity index (χ1) is 10.3. The van der Waals surface area contributed by atoms with Gasteiger partial charge in [-0.1, -0.05) is 23.7 Å². The Balaban J connectivity index is 1.59. The van der Waals surface area contributed by atoms with Crippen molar-refractivity contribution in [3.63, 3.8) is 0 Å². The molecular weight excluding hydrogens is 300 g/mol. The zero-order valence-corrected chi connectivity index (χ0v) is 13.9. The SMILES string of the molecule is CNC(CCN1CCc2sccc2C1)c1cccc(Cl)c1. The highest BCUT2D eigenvalue weighted by molar-refractivity contribution is 7.10. The van der Waals surface area contributed by atoms with Crippen LogP contribution in [0.25, 0.3) is 0 Å². The van der Waals surface area contributed by atoms with Gasteiger partial charge in [0.05, 0.1) is 0 Å². The fraction of sp³-hybridized carbons (Fsp3) is 0.412. The summed E-state index contributed by atoms with van der Waals surface area (Å²) < 4.78 is 0. The minimum Gasteiger partial charge on any atom is -0.313 e. The largest absolute Gasteiger partial charge is 0.313 e. The van der Waals surface area contributed by atoms with E-state index in [-0.39, 0.29) is 0 Å². The van der Waals surface area contributed by atoms with Gasteiger partial charge in [0.25, 0.3) is 0 Å². The topological polar surface area (TPSA) is 15.3 Å². The molecule has 0 amide bonds. The number of hydrogen-bond donors (Lipinski definition) is 1. The van der Waals surface area contributed by atoms with E-state index < -0.39 is 0 Å². The summed E-state index contributed by atoms with van der Waals surface area (Å²) in [7, 11) is 2.03. The molecule has 0 aliphatic carbocycles. The normalized spacial score (nSPS) is 16.7. The first-order valence-electron chi connectivity index (χ1n) is 7.46. The monoisotopic (exact) mass is 320 g/mol. The Labute approximate surface area is 135 Å². The van der Waals surface area contributed by atoms with Crippen LogP contribution in [0.15, 0.2) is 35.7 Å². The molecule has 0 saturated carbocycles. The molecule has 0 bridgehead atoms. The zero-order valence-electron chi connectivity index (χ0n) is 12.3. The van der Waals surface area contributed by atoms with Crippen LogP contribution in [0.5, 0.6) is 0 Å². The molecule has 1 N–H and O–H groups in total. The van der Waals surface area contributed by atoms with Crippen molar-refractivity contribution in [3.8, 4) is 0 Å². The van der Waals surface area contributed by atoms with Crippen LogP contribution in [0.3, 0.4) is 0 Å². The van der Waals surface area contributed by atoms with E-state index in [0.29, 0.717) is 6.04 Å². The first kappa shape index (κ1) is 15.0. The third kappa shape index (κ3) is 3.67. The predicted octanol–water partition coefficient (Wildman–Crippen LogP) is 4.11. The van der Waals surface area contributed by atoms with Crippen LogP contribution >= 0.6 is 22.9 Å². The van der Waals surface area contributed by atoms with E-state index in [4.69, 9.17) is 11.6 Å². The number of thiophene rings is 1. The molecule has 0 spiro atoms. The van der Waals surface area contributed by atoms with E-state index >= 15 is 0 Å². The van der Waals surface area contributed by atoms with E-state index in [1.54, 1.807) is 4.88 Å². The lowest BCUT2D eigenvalue weighted by atomic mass is 10.0. The Morgan fingerprint density at radius 3 is 3.10 bits per heavy atom. The summed E-state index contributed by atoms with van der Waals surface area (Å²) >= 11 is 8.00. The third-order valence-electron chi connectivity index (χ3n) is 4.22. The van der Waals surface area contributed by atoms with E-state index in [1.807, 2.05) is 30.5 Å². The molecule has 2 heterocycles. The zero-order chi connectivity index (χ0) is 14.7. The van der Waals surface area contributed by atoms with Crippen LogP contribution in [-0.4, -0.2) is 25.0 Å². The molecule has 2 aromatic rings. The van der Waals surface area contributed by atoms with Crippen molar-refractivity contribution < 1.29 is 0 Å². The molecule has 0 radical (unpaired) electrons. The molecule has 21 heavy (non-hydrogen) atoms. The molecule has 112 valence electrons. The lowest BCUT2D eigenvalue weighted by molar-refractivity contribution is 0.242. The Bertz CT molecular complexity index is 596. The Morgan fingerprint density at radius 1 is 1.38 bits per heavy atom. The second kappa shape index (κ2) is 6.93. The van der Waals surface area contributed by atoms with Crippen molar-refractivity contribution in [1.29, 1.82) is 0 Å². The van der Waals surface area contributed by atoms with Crippen molar-refractivity contribution in [3.05, 3.63) is 56.7 Å². The molecule has 4 heteroatoms. The van der Waals surface area contributed by atoms with Crippen LogP contribution < -0.4 is 5.32 Å². The molecular formula is C17H21ClN2S. The van der Waals surface area contributed by atoms with Crippen molar-refractivity contribution in [2.45, 2.75) is 25.4 Å². The molecule has 0 saturated heterocycles. The number of rotatable bonds is 5. The molecule has 1 atom stereocenters. The molecule has 2 nitrogen and oxygen atoms in total. The second-order valence-electron chi connectivity index (χ2n) is 5.58. The average molecular weight is 321 g/mol. The van der Waals surface area contributed by atoms with Gasteiger partial charge in [-0.2, -0.15) is 0 Å². The van der Waals surface area contributed by atoms with Gasteiger partial charge >= 0.3 is 0 Å². The highest BCUT2D eigenvalue weighted by atomic mass is 35.5. The van der Waals surface area contributed by atoms with Gasteiger partial charge in [-0.3, -0.25) is 4.90 Å². The summed E-state index contributed by atoms with van der Waals surface area (Å²) in [6.07, 6.45) is 2.31. The van der Waals surface area contributed by atoms with E-state index in [0.717, 1.165) is 24.5 Å². The van der Waals surface area contributed by atoms with Crippen LogP contribution in [0.4, 0.5) is 0 Å². The maximum Gasteiger partial charge on any atom is 0.0409 e. The molecule has 1 aliphatic heterocycles. The van der Waals surface area contributed by atoms with Gasteiger partial charge in [0, 0.05) is 35.6 Å². The summed E-state index contributed by atoms with van der Waals surface area (Å²) in [6, 6.07) is 10.8. The smallest absolute Gasteiger partial charge is 0.0409 e. The average Bonchev–Trinajstić information content (AvgIpc) is 2.95. The van der Waals surface area contributed by atoms with E-state index in [2.05, 4.69) is 33.8 Å². The van der Waals surface area contributed by atoms with Crippen LogP contribution in [0.2, 0.25) is 5.02 Å². The van der Waals surface area contributed by atoms with E-state index in [9.17, 15) is 0 Å². The summed E-state index contributed by atoms with van der Waals surface area (Å²) in [5.74, 6) is 0. The van der Waals surface area contributed by atoms with Gasteiger partial charge in [-0.15, -0.1) is 11.3 Å². The number of hydrogen-bond acceptors (Lipinski definition) is 3. The number of fused-ring (bicyclic) bond motifs is 1. The maximum atomic E-state index is 6.10. The molecule has 1 aromatic carbocycles. The quantitative estimate of drug-likeness (QED) is 0.892. The van der Waals surface area contributed by atoms with E-state index in [1.165, 1.54) is 24.1 Å². The van der Waals surface area contributed by atoms with Crippen LogP contribution in [0.1, 0.15) is 28.5 Å². The van der Waals surface area contributed by atoms with Gasteiger partial charge in [0.2, 0.25) is 0 Å². The van der Waals surface area contributed by atoms with Crippen LogP contribution in [-0.2, 0) is 13.0 Å². The minimum atomic E-state index is 0.368. The number of halogens is 1. The molecule has 1 unspecified atom stereocenters. The Kier molecular flexibility index (Phi) is 4.96. The standard InChI is InChI=1S/C17H21ClN2S/c1-19-16(13-3-2-4-15(18)11-13)5-8-20-9-6-17-14(12-20)7-10-21-17/h2-4,7,10-11,16,19H,5-6,8-9,12H2,1H3. The van der Waals surface area contributed by atoms with Crippen molar-refractivity contribution in [2.75, 3.05) is 20.1 Å². The number of benzene rings is 1. The minimum absolute atomic E-state index is 0.368. The van der Waals surface area contributed by atoms with Gasteiger partial charge in [-0.05, 0) is 54.6 Å².